The molecule has 0 aliphatic rings. The van der Waals surface area contributed by atoms with Gasteiger partial charge in [-0.05, 0) is 0 Å². The van der Waals surface area contributed by atoms with Gasteiger partial charge in [-0.2, -0.15) is 0 Å². The Bertz CT molecular complexity index is 13.5. The molecule has 0 aromatic rings. The monoisotopic (exact) mass is 114 g/mol. The molecule has 0 heterocycles. The molecule has 0 aromatic heterocycles. The van der Waals surface area contributed by atoms with E-state index < -0.39 is 0 Å². The zero-order valence-electron chi connectivity index (χ0n) is 4.41. The molecule has 0 nitrogen and oxygen atoms in total. The third kappa shape index (κ3) is 8.92. The van der Waals surface area contributed by atoms with Crippen LogP contribution in [0.4, 0.5) is 4.70 Å². The van der Waals surface area contributed by atoms with Gasteiger partial charge in [-0.1, -0.05) is 0 Å². The quantitative estimate of drug-likeness (QED) is 0.275. The first-order valence-electron chi connectivity index (χ1n) is 0. The van der Waals surface area contributed by atoms with E-state index in [1.807, 2.05) is 0 Å². The minimum absolute atomic E-state index is 0. The van der Waals surface area contributed by atoms with E-state index in [1.54, 1.807) is 0 Å². The fraction of sp³-hybridized carbons (Fsp3) is 0. The second-order valence-corrected chi connectivity index (χ2v) is 0. The Morgan fingerprint density at radius 2 is 1.25 bits per heavy atom. The summed E-state index contributed by atoms with van der Waals surface area (Å²) in [5, 5.41) is 0. The molecule has 4 heavy (non-hydrogen) atoms. The van der Waals surface area contributed by atoms with Gasteiger partial charge in [0, 0.05) is 0 Å². The van der Waals surface area contributed by atoms with E-state index in [0.717, 1.165) is 0 Å². The molecule has 0 N–H and O–H groups in total. The normalized spacial score (nSPS) is 0. The Morgan fingerprint density at radius 1 is 1.25 bits per heavy atom. The van der Waals surface area contributed by atoms with E-state index in [9.17, 15) is 0 Å². The van der Waals surface area contributed by atoms with Crippen LogP contribution in [0.3, 0.4) is 0 Å². The summed E-state index contributed by atoms with van der Waals surface area (Å²) in [6.07, 6.45) is 0. The van der Waals surface area contributed by atoms with Crippen LogP contribution in [0.5, 0.6) is 0 Å². The number of rotatable bonds is 0. The molecule has 4 heteroatoms. The molecule has 0 unspecified atom stereocenters. The summed E-state index contributed by atoms with van der Waals surface area (Å²) in [6.45, 7) is 0. The van der Waals surface area contributed by atoms with Gasteiger partial charge in [-0.3, -0.25) is 4.70 Å². The Kier molecular flexibility index (Phi) is 114. The fourth-order valence-corrected chi connectivity index (χ4v) is 0. The average molecular weight is 114 g/mol. The number of hydrogen-bond acceptors (Lipinski definition) is 0. The second kappa shape index (κ2) is 16.5. The largest absolute Gasteiger partial charge is 1.00 e. The molecule has 0 aromatic carbocycles. The van der Waals surface area contributed by atoms with Crippen molar-refractivity contribution < 1.29 is 88.5 Å². The SMILES string of the molecule is F.[AlH3].[H-].[H-].[K+].[Na+]. The van der Waals surface area contributed by atoms with Crippen molar-refractivity contribution in [2.45, 2.75) is 0 Å². The Morgan fingerprint density at radius 3 is 1.25 bits per heavy atom. The predicted molar refractivity (Wildman–Crippen MR) is 14.7 cm³/mol. The van der Waals surface area contributed by atoms with Crippen molar-refractivity contribution in [2.75, 3.05) is 0 Å². The zero-order chi connectivity index (χ0) is 0. The molecule has 0 saturated heterocycles. The van der Waals surface area contributed by atoms with E-state index in [4.69, 9.17) is 0 Å². The summed E-state index contributed by atoms with van der Waals surface area (Å²) in [6, 6.07) is 0. The molecule has 0 bridgehead atoms. The van der Waals surface area contributed by atoms with E-state index >= 15 is 0 Å². The van der Waals surface area contributed by atoms with E-state index in [-0.39, 0.29) is 106 Å². The van der Waals surface area contributed by atoms with Crippen molar-refractivity contribution in [3.63, 3.8) is 0 Å². The minimum Gasteiger partial charge on any atom is -1.00 e. The van der Waals surface area contributed by atoms with Crippen LogP contribution in [0.25, 0.3) is 0 Å². The first kappa shape index (κ1) is 27.5. The van der Waals surface area contributed by atoms with Crippen molar-refractivity contribution >= 4 is 17.4 Å². The van der Waals surface area contributed by atoms with E-state index in [0.29, 0.717) is 0 Å². The van der Waals surface area contributed by atoms with Gasteiger partial charge in [0.2, 0.25) is 0 Å². The summed E-state index contributed by atoms with van der Waals surface area (Å²) in [5.74, 6) is 0. The molecule has 0 aliphatic carbocycles. The number of halogens is 1. The average Bonchev–Trinajstić information content (AvgIpc) is 0. The Labute approximate surface area is 103 Å². The van der Waals surface area contributed by atoms with Crippen molar-refractivity contribution in [1.29, 1.82) is 0 Å². The van der Waals surface area contributed by atoms with Gasteiger partial charge in [0.15, 0.2) is 17.4 Å². The third-order valence-electron chi connectivity index (χ3n) is 0. The maximum atomic E-state index is 0. The molecule has 0 rings (SSSR count). The fourth-order valence-electron chi connectivity index (χ4n) is 0. The van der Waals surface area contributed by atoms with Crippen molar-refractivity contribution in [3.05, 3.63) is 0 Å². The summed E-state index contributed by atoms with van der Waals surface area (Å²) >= 11 is 0. The summed E-state index contributed by atoms with van der Waals surface area (Å²) in [5.41, 5.74) is 0. The molecule has 18 valence electrons. The molecular formula is H6AlFKNa. The first-order chi connectivity index (χ1) is 0. The summed E-state index contributed by atoms with van der Waals surface area (Å²) < 4.78 is 0. The smallest absolute Gasteiger partial charge is 1.00 e. The molecule has 0 saturated carbocycles. The van der Waals surface area contributed by atoms with Crippen LogP contribution < -0.4 is 80.9 Å². The number of hydrogen-bond donors (Lipinski definition) is 0. The standard InChI is InChI=1S/Al.FH.K.Na.5H/h;1H;;;;;;;/q;;2*+1;;;;2*-1. The van der Waals surface area contributed by atoms with Crippen molar-refractivity contribution in [2.24, 2.45) is 0 Å². The maximum Gasteiger partial charge on any atom is 1.00 e. The van der Waals surface area contributed by atoms with Gasteiger partial charge < -0.3 is 2.85 Å². The molecule has 0 spiro atoms. The minimum atomic E-state index is 0. The Hall–Kier alpha value is 3.10. The van der Waals surface area contributed by atoms with Crippen LogP contribution in [-0.4, -0.2) is 17.4 Å². The molecule has 0 aliphatic heterocycles. The van der Waals surface area contributed by atoms with E-state index in [1.165, 1.54) is 0 Å². The predicted octanol–water partition coefficient (Wildman–Crippen LogP) is -6.80. The van der Waals surface area contributed by atoms with Crippen LogP contribution >= 0.6 is 0 Å². The van der Waals surface area contributed by atoms with Gasteiger partial charge in [0.25, 0.3) is 0 Å². The first-order valence-corrected chi connectivity index (χ1v) is 0. The maximum absolute atomic E-state index is 0. The van der Waals surface area contributed by atoms with Gasteiger partial charge >= 0.3 is 80.9 Å². The van der Waals surface area contributed by atoms with Gasteiger partial charge in [-0.25, -0.2) is 0 Å². The second-order valence-electron chi connectivity index (χ2n) is 0. The molecular weight excluding hydrogens is 108 g/mol. The molecule has 0 radical (unpaired) electrons. The van der Waals surface area contributed by atoms with Crippen LogP contribution in [-0.2, 0) is 0 Å². The van der Waals surface area contributed by atoms with Crippen LogP contribution in [0.1, 0.15) is 2.85 Å². The third-order valence-corrected chi connectivity index (χ3v) is 0. The molecule has 0 amide bonds. The van der Waals surface area contributed by atoms with Crippen LogP contribution in [0, 0.1) is 0 Å². The molecule has 0 fully saturated rings. The van der Waals surface area contributed by atoms with E-state index in [2.05, 4.69) is 0 Å². The van der Waals surface area contributed by atoms with Gasteiger partial charge in [0.05, 0.1) is 0 Å². The summed E-state index contributed by atoms with van der Waals surface area (Å²) in [7, 11) is 0. The Balaban J connectivity index is 0. The summed E-state index contributed by atoms with van der Waals surface area (Å²) in [4.78, 5) is 0. The van der Waals surface area contributed by atoms with Crippen molar-refractivity contribution in [3.8, 4) is 0 Å². The zero-order valence-corrected chi connectivity index (χ0v) is 7.53. The van der Waals surface area contributed by atoms with Crippen LogP contribution in [0.15, 0.2) is 0 Å². The van der Waals surface area contributed by atoms with Gasteiger partial charge in [-0.15, -0.1) is 0 Å². The van der Waals surface area contributed by atoms with Crippen LogP contribution in [0.2, 0.25) is 0 Å². The van der Waals surface area contributed by atoms with Gasteiger partial charge in [0.1, 0.15) is 0 Å². The topological polar surface area (TPSA) is 0 Å². The van der Waals surface area contributed by atoms with Crippen molar-refractivity contribution in [1.82, 2.24) is 0 Å². The molecule has 0 atom stereocenters.